The lowest BCUT2D eigenvalue weighted by molar-refractivity contribution is 0.241. The number of hydrogen-bond acceptors (Lipinski definition) is 3. The number of hydrogen-bond donors (Lipinski definition) is 1. The maximum absolute atomic E-state index is 5.95. The van der Waals surface area contributed by atoms with Crippen LogP contribution in [0.3, 0.4) is 0 Å². The van der Waals surface area contributed by atoms with Gasteiger partial charge in [0.1, 0.15) is 0 Å². The third-order valence-corrected chi connectivity index (χ3v) is 3.92. The lowest BCUT2D eigenvalue weighted by Crippen LogP contribution is -2.30. The summed E-state index contributed by atoms with van der Waals surface area (Å²) in [5.74, 6) is 0. The Labute approximate surface area is 122 Å². The Balaban J connectivity index is 2.16. The van der Waals surface area contributed by atoms with Gasteiger partial charge in [-0.1, -0.05) is 34.1 Å². The molecule has 0 saturated carbocycles. The van der Waals surface area contributed by atoms with Crippen molar-refractivity contribution < 1.29 is 0 Å². The quantitative estimate of drug-likeness (QED) is 0.921. The zero-order valence-corrected chi connectivity index (χ0v) is 12.5. The van der Waals surface area contributed by atoms with Crippen LogP contribution in [0.2, 0.25) is 0 Å². The fraction of sp³-hybridized carbons (Fsp3) is 0.267. The molecule has 0 aliphatic rings. The van der Waals surface area contributed by atoms with Crippen LogP contribution in [-0.2, 0) is 6.54 Å². The molecule has 0 aliphatic heterocycles. The van der Waals surface area contributed by atoms with E-state index in [-0.39, 0.29) is 6.04 Å². The number of likely N-dealkylation sites (N-methyl/N-ethyl adjacent to an activating group) is 1. The predicted octanol–water partition coefficient (Wildman–Crippen LogP) is 2.98. The van der Waals surface area contributed by atoms with E-state index in [0.29, 0.717) is 6.54 Å². The van der Waals surface area contributed by atoms with Gasteiger partial charge in [0.25, 0.3) is 0 Å². The highest BCUT2D eigenvalue weighted by atomic mass is 79.9. The monoisotopic (exact) mass is 319 g/mol. The van der Waals surface area contributed by atoms with Gasteiger partial charge >= 0.3 is 0 Å². The van der Waals surface area contributed by atoms with Crippen molar-refractivity contribution in [3.63, 3.8) is 0 Å². The lowest BCUT2D eigenvalue weighted by atomic mass is 10.1. The summed E-state index contributed by atoms with van der Waals surface area (Å²) >= 11 is 3.60. The Morgan fingerprint density at radius 2 is 1.89 bits per heavy atom. The smallest absolute Gasteiger partial charge is 0.0482 e. The fourth-order valence-electron chi connectivity index (χ4n) is 2.18. The molecule has 1 unspecified atom stereocenters. The molecule has 2 aromatic rings. The molecule has 4 heteroatoms. The van der Waals surface area contributed by atoms with E-state index < -0.39 is 0 Å². The molecule has 0 spiro atoms. The average Bonchev–Trinajstić information content (AvgIpc) is 2.43. The third-order valence-electron chi connectivity index (χ3n) is 3.20. The third kappa shape index (κ3) is 3.62. The van der Waals surface area contributed by atoms with Crippen LogP contribution in [0.4, 0.5) is 0 Å². The van der Waals surface area contributed by atoms with Gasteiger partial charge in [0.15, 0.2) is 0 Å². The molecule has 0 fully saturated rings. The van der Waals surface area contributed by atoms with Gasteiger partial charge in [0.2, 0.25) is 0 Å². The van der Waals surface area contributed by atoms with E-state index >= 15 is 0 Å². The number of nitrogens with zero attached hydrogens (tertiary/aromatic N) is 2. The number of pyridine rings is 1. The van der Waals surface area contributed by atoms with Crippen molar-refractivity contribution in [1.29, 1.82) is 0 Å². The van der Waals surface area contributed by atoms with Gasteiger partial charge in [0, 0.05) is 36.0 Å². The number of rotatable bonds is 5. The SMILES string of the molecule is CN(Cc1ccncc1)C(CN)c1ccccc1Br. The second kappa shape index (κ2) is 6.80. The van der Waals surface area contributed by atoms with Crippen molar-refractivity contribution >= 4 is 15.9 Å². The molecule has 0 bridgehead atoms. The van der Waals surface area contributed by atoms with Gasteiger partial charge in [-0.3, -0.25) is 9.88 Å². The minimum atomic E-state index is 0.198. The summed E-state index contributed by atoms with van der Waals surface area (Å²) in [5.41, 5.74) is 8.42. The van der Waals surface area contributed by atoms with Gasteiger partial charge in [-0.15, -0.1) is 0 Å². The molecule has 3 nitrogen and oxygen atoms in total. The lowest BCUT2D eigenvalue weighted by Gasteiger charge is -2.28. The van der Waals surface area contributed by atoms with Crippen molar-refractivity contribution in [3.05, 3.63) is 64.4 Å². The summed E-state index contributed by atoms with van der Waals surface area (Å²) in [6, 6.07) is 12.5. The first-order valence-electron chi connectivity index (χ1n) is 6.26. The second-order valence-electron chi connectivity index (χ2n) is 4.54. The van der Waals surface area contributed by atoms with E-state index in [9.17, 15) is 0 Å². The highest BCUT2D eigenvalue weighted by Crippen LogP contribution is 2.27. The molecule has 2 rings (SSSR count). The first kappa shape index (κ1) is 14.2. The van der Waals surface area contributed by atoms with Crippen LogP contribution in [-0.4, -0.2) is 23.5 Å². The van der Waals surface area contributed by atoms with Crippen LogP contribution >= 0.6 is 15.9 Å². The zero-order valence-electron chi connectivity index (χ0n) is 11.0. The Morgan fingerprint density at radius 1 is 1.21 bits per heavy atom. The second-order valence-corrected chi connectivity index (χ2v) is 5.40. The van der Waals surface area contributed by atoms with Gasteiger partial charge in [0.05, 0.1) is 0 Å². The summed E-state index contributed by atoms with van der Waals surface area (Å²) < 4.78 is 1.10. The van der Waals surface area contributed by atoms with E-state index in [2.05, 4.69) is 45.0 Å². The van der Waals surface area contributed by atoms with Crippen LogP contribution in [0.15, 0.2) is 53.3 Å². The number of nitrogens with two attached hydrogens (primary N) is 1. The maximum atomic E-state index is 5.95. The number of aromatic nitrogens is 1. The molecule has 19 heavy (non-hydrogen) atoms. The Bertz CT molecular complexity index is 516. The van der Waals surface area contributed by atoms with Crippen LogP contribution in [0.25, 0.3) is 0 Å². The van der Waals surface area contributed by atoms with Crippen LogP contribution in [0.1, 0.15) is 17.2 Å². The summed E-state index contributed by atoms with van der Waals surface area (Å²) in [5, 5.41) is 0. The van der Waals surface area contributed by atoms with E-state index in [0.717, 1.165) is 11.0 Å². The van der Waals surface area contributed by atoms with Gasteiger partial charge in [-0.2, -0.15) is 0 Å². The molecule has 1 aromatic heterocycles. The van der Waals surface area contributed by atoms with Crippen molar-refractivity contribution in [2.75, 3.05) is 13.6 Å². The van der Waals surface area contributed by atoms with Crippen molar-refractivity contribution in [2.45, 2.75) is 12.6 Å². The molecule has 1 atom stereocenters. The highest BCUT2D eigenvalue weighted by Gasteiger charge is 2.17. The van der Waals surface area contributed by atoms with Crippen LogP contribution in [0, 0.1) is 0 Å². The average molecular weight is 320 g/mol. The maximum Gasteiger partial charge on any atom is 0.0482 e. The summed E-state index contributed by atoms with van der Waals surface area (Å²) in [7, 11) is 2.09. The molecule has 1 aromatic carbocycles. The molecule has 0 amide bonds. The normalized spacial score (nSPS) is 12.6. The predicted molar refractivity (Wildman–Crippen MR) is 81.6 cm³/mol. The molecular weight excluding hydrogens is 302 g/mol. The number of benzene rings is 1. The summed E-state index contributed by atoms with van der Waals surface area (Å²) in [6.07, 6.45) is 3.64. The van der Waals surface area contributed by atoms with Gasteiger partial charge < -0.3 is 5.73 Å². The van der Waals surface area contributed by atoms with Crippen molar-refractivity contribution in [1.82, 2.24) is 9.88 Å². The van der Waals surface area contributed by atoms with Crippen LogP contribution in [0.5, 0.6) is 0 Å². The minimum absolute atomic E-state index is 0.198. The van der Waals surface area contributed by atoms with Gasteiger partial charge in [-0.25, -0.2) is 0 Å². The van der Waals surface area contributed by atoms with Crippen LogP contribution < -0.4 is 5.73 Å². The Kier molecular flexibility index (Phi) is 5.07. The summed E-state index contributed by atoms with van der Waals surface area (Å²) in [4.78, 5) is 6.30. The Morgan fingerprint density at radius 3 is 2.53 bits per heavy atom. The van der Waals surface area contributed by atoms with Crippen molar-refractivity contribution in [2.24, 2.45) is 5.73 Å². The van der Waals surface area contributed by atoms with Crippen molar-refractivity contribution in [3.8, 4) is 0 Å². The highest BCUT2D eigenvalue weighted by molar-refractivity contribution is 9.10. The summed E-state index contributed by atoms with van der Waals surface area (Å²) in [6.45, 7) is 1.44. The minimum Gasteiger partial charge on any atom is -0.329 e. The molecular formula is C15H18BrN3. The molecule has 1 heterocycles. The molecule has 0 saturated heterocycles. The largest absolute Gasteiger partial charge is 0.329 e. The number of halogens is 1. The van der Waals surface area contributed by atoms with E-state index in [1.54, 1.807) is 0 Å². The zero-order chi connectivity index (χ0) is 13.7. The fourth-order valence-corrected chi connectivity index (χ4v) is 2.73. The van der Waals surface area contributed by atoms with Gasteiger partial charge in [-0.05, 0) is 36.4 Å². The first-order chi connectivity index (χ1) is 9.22. The molecule has 100 valence electrons. The van der Waals surface area contributed by atoms with E-state index in [1.807, 2.05) is 36.7 Å². The molecule has 2 N–H and O–H groups in total. The molecule has 0 radical (unpaired) electrons. The topological polar surface area (TPSA) is 42.2 Å². The first-order valence-corrected chi connectivity index (χ1v) is 7.05. The molecule has 0 aliphatic carbocycles. The Hall–Kier alpha value is -1.23. The van der Waals surface area contributed by atoms with E-state index in [1.165, 1.54) is 11.1 Å². The standard InChI is InChI=1S/C15H18BrN3/c1-19(11-12-6-8-18-9-7-12)15(10-17)13-4-2-3-5-14(13)16/h2-9,15H,10-11,17H2,1H3. The van der Waals surface area contributed by atoms with E-state index in [4.69, 9.17) is 5.73 Å².